The molecule has 10 heteroatoms. The highest BCUT2D eigenvalue weighted by molar-refractivity contribution is 5.94. The van der Waals surface area contributed by atoms with E-state index in [9.17, 15) is 9.59 Å². The average molecular weight is 385 g/mol. The minimum absolute atomic E-state index is 0.0983. The van der Waals surface area contributed by atoms with Crippen molar-refractivity contribution in [1.29, 1.82) is 0 Å². The first-order valence-electron chi connectivity index (χ1n) is 8.52. The highest BCUT2D eigenvalue weighted by Crippen LogP contribution is 2.43. The zero-order valence-corrected chi connectivity index (χ0v) is 15.8. The van der Waals surface area contributed by atoms with Gasteiger partial charge in [0.15, 0.2) is 11.5 Å². The van der Waals surface area contributed by atoms with E-state index in [2.05, 4.69) is 15.4 Å². The highest BCUT2D eigenvalue weighted by Gasteiger charge is 2.34. The second kappa shape index (κ2) is 6.55. The quantitative estimate of drug-likeness (QED) is 0.711. The number of aryl methyl sites for hydroxylation is 1. The number of aromatic nitrogens is 4. The Bertz CT molecular complexity index is 1120. The second-order valence-electron chi connectivity index (χ2n) is 6.36. The van der Waals surface area contributed by atoms with Crippen LogP contribution in [0.4, 0.5) is 5.82 Å². The molecule has 1 amide bonds. The molecular formula is C18H19N5O5. The Morgan fingerprint density at radius 1 is 1.11 bits per heavy atom. The predicted molar refractivity (Wildman–Crippen MR) is 99.4 cm³/mol. The molecule has 0 saturated carbocycles. The standard InChI is InChI=1S/C18H19N5O5/c1-22-17(25)14-10(7-13(24)21-16(14)23-18(22)19-8-20-23)9-5-11(26-2)15(28-4)12(6-9)27-3/h5-6,8,10H,7H2,1-4H3,(H,21,24)/t10-/m1/s1. The number of carbonyl (C=O) groups is 1. The third-order valence-corrected chi connectivity index (χ3v) is 4.92. The summed E-state index contributed by atoms with van der Waals surface area (Å²) in [5.41, 5.74) is 0.866. The molecule has 0 aliphatic carbocycles. The molecule has 146 valence electrons. The lowest BCUT2D eigenvalue weighted by atomic mass is 9.86. The van der Waals surface area contributed by atoms with Crippen LogP contribution in [0.2, 0.25) is 0 Å². The van der Waals surface area contributed by atoms with E-state index in [-0.39, 0.29) is 17.9 Å². The molecule has 3 aromatic rings. The lowest BCUT2D eigenvalue weighted by Gasteiger charge is -2.27. The first kappa shape index (κ1) is 17.8. The van der Waals surface area contributed by atoms with E-state index in [0.29, 0.717) is 40.0 Å². The number of hydrogen-bond acceptors (Lipinski definition) is 7. The molecule has 2 aromatic heterocycles. The fraction of sp³-hybridized carbons (Fsp3) is 0.333. The molecule has 28 heavy (non-hydrogen) atoms. The van der Waals surface area contributed by atoms with Crippen LogP contribution in [-0.4, -0.2) is 46.4 Å². The Morgan fingerprint density at radius 3 is 2.39 bits per heavy atom. The van der Waals surface area contributed by atoms with Gasteiger partial charge in [-0.15, -0.1) is 0 Å². The maximum atomic E-state index is 13.1. The van der Waals surface area contributed by atoms with Gasteiger partial charge in [0.05, 0.1) is 26.9 Å². The van der Waals surface area contributed by atoms with Gasteiger partial charge in [0, 0.05) is 19.4 Å². The van der Waals surface area contributed by atoms with Crippen molar-refractivity contribution < 1.29 is 19.0 Å². The molecule has 3 heterocycles. The summed E-state index contributed by atoms with van der Waals surface area (Å²) >= 11 is 0. The predicted octanol–water partition coefficient (Wildman–Crippen LogP) is 0.928. The van der Waals surface area contributed by atoms with Crippen LogP contribution < -0.4 is 25.1 Å². The molecule has 1 N–H and O–H groups in total. The van der Waals surface area contributed by atoms with E-state index in [1.807, 2.05) is 0 Å². The van der Waals surface area contributed by atoms with Crippen LogP contribution in [0.1, 0.15) is 23.5 Å². The summed E-state index contributed by atoms with van der Waals surface area (Å²) in [5.74, 6) is 1.26. The molecule has 1 aliphatic rings. The lowest BCUT2D eigenvalue weighted by molar-refractivity contribution is -0.116. The number of rotatable bonds is 4. The molecular weight excluding hydrogens is 366 g/mol. The Labute approximate surface area is 159 Å². The molecule has 0 bridgehead atoms. The number of benzene rings is 1. The van der Waals surface area contributed by atoms with E-state index >= 15 is 0 Å². The first-order valence-corrected chi connectivity index (χ1v) is 8.52. The number of hydrogen-bond donors (Lipinski definition) is 1. The van der Waals surface area contributed by atoms with Gasteiger partial charge >= 0.3 is 0 Å². The molecule has 1 aromatic carbocycles. The smallest absolute Gasteiger partial charge is 0.260 e. The van der Waals surface area contributed by atoms with Gasteiger partial charge in [-0.05, 0) is 17.7 Å². The van der Waals surface area contributed by atoms with Crippen molar-refractivity contribution >= 4 is 17.5 Å². The van der Waals surface area contributed by atoms with Gasteiger partial charge in [-0.3, -0.25) is 14.2 Å². The number of nitrogens with zero attached hydrogens (tertiary/aromatic N) is 4. The van der Waals surface area contributed by atoms with E-state index in [4.69, 9.17) is 14.2 Å². The summed E-state index contributed by atoms with van der Waals surface area (Å²) in [6, 6.07) is 3.50. The number of anilines is 1. The van der Waals surface area contributed by atoms with Crippen LogP contribution in [0.5, 0.6) is 17.2 Å². The molecule has 4 rings (SSSR count). The van der Waals surface area contributed by atoms with Gasteiger partial charge in [-0.1, -0.05) is 0 Å². The van der Waals surface area contributed by atoms with Crippen LogP contribution in [0.3, 0.4) is 0 Å². The SMILES string of the molecule is COc1cc([C@H]2CC(=O)Nc3c2c(=O)n(C)c2ncnn32)cc(OC)c1OC. The van der Waals surface area contributed by atoms with E-state index in [1.165, 1.54) is 36.7 Å². The van der Waals surface area contributed by atoms with E-state index < -0.39 is 5.92 Å². The fourth-order valence-corrected chi connectivity index (χ4v) is 3.60. The van der Waals surface area contributed by atoms with Crippen molar-refractivity contribution in [2.45, 2.75) is 12.3 Å². The van der Waals surface area contributed by atoms with Gasteiger partial charge < -0.3 is 19.5 Å². The summed E-state index contributed by atoms with van der Waals surface area (Å²) in [7, 11) is 6.16. The maximum Gasteiger partial charge on any atom is 0.260 e. The van der Waals surface area contributed by atoms with Crippen molar-refractivity contribution in [3.05, 3.63) is 39.9 Å². The number of fused-ring (bicyclic) bond motifs is 3. The largest absolute Gasteiger partial charge is 0.493 e. The van der Waals surface area contributed by atoms with Gasteiger partial charge in [0.1, 0.15) is 12.1 Å². The van der Waals surface area contributed by atoms with Crippen molar-refractivity contribution in [2.24, 2.45) is 7.05 Å². The summed E-state index contributed by atoms with van der Waals surface area (Å²) in [5, 5.41) is 6.91. The Kier molecular flexibility index (Phi) is 4.17. The first-order chi connectivity index (χ1) is 13.5. The fourth-order valence-electron chi connectivity index (χ4n) is 3.60. The Balaban J connectivity index is 2.00. The molecule has 10 nitrogen and oxygen atoms in total. The second-order valence-corrected chi connectivity index (χ2v) is 6.36. The molecule has 0 spiro atoms. The normalized spacial score (nSPS) is 15.9. The van der Waals surface area contributed by atoms with Crippen molar-refractivity contribution in [1.82, 2.24) is 19.2 Å². The average Bonchev–Trinajstić information content (AvgIpc) is 3.20. The van der Waals surface area contributed by atoms with E-state index in [0.717, 1.165) is 0 Å². The summed E-state index contributed by atoms with van der Waals surface area (Å²) in [6.45, 7) is 0. The third-order valence-electron chi connectivity index (χ3n) is 4.92. The van der Waals surface area contributed by atoms with Crippen LogP contribution in [0.25, 0.3) is 5.78 Å². The third kappa shape index (κ3) is 2.48. The minimum atomic E-state index is -0.509. The zero-order valence-electron chi connectivity index (χ0n) is 15.8. The zero-order chi connectivity index (χ0) is 20.0. The Morgan fingerprint density at radius 2 is 1.79 bits per heavy atom. The molecule has 0 radical (unpaired) electrons. The van der Waals surface area contributed by atoms with Crippen molar-refractivity contribution in [3.63, 3.8) is 0 Å². The Hall–Kier alpha value is -3.56. The van der Waals surface area contributed by atoms with Crippen molar-refractivity contribution in [2.75, 3.05) is 26.6 Å². The number of nitrogens with one attached hydrogen (secondary N) is 1. The highest BCUT2D eigenvalue weighted by atomic mass is 16.5. The van der Waals surface area contributed by atoms with E-state index in [1.54, 1.807) is 19.2 Å². The van der Waals surface area contributed by atoms with Gasteiger partial charge in [-0.2, -0.15) is 14.6 Å². The summed E-state index contributed by atoms with van der Waals surface area (Å²) in [4.78, 5) is 29.6. The number of amides is 1. The topological polar surface area (TPSA) is 109 Å². The van der Waals surface area contributed by atoms with Crippen LogP contribution >= 0.6 is 0 Å². The molecule has 0 fully saturated rings. The lowest BCUT2D eigenvalue weighted by Crippen LogP contribution is -2.35. The van der Waals surface area contributed by atoms with Crippen LogP contribution in [-0.2, 0) is 11.8 Å². The van der Waals surface area contributed by atoms with Gasteiger partial charge in [-0.25, -0.2) is 0 Å². The van der Waals surface area contributed by atoms with Gasteiger partial charge in [0.25, 0.3) is 5.56 Å². The van der Waals surface area contributed by atoms with Crippen LogP contribution in [0.15, 0.2) is 23.3 Å². The molecule has 1 aliphatic heterocycles. The van der Waals surface area contributed by atoms with Crippen molar-refractivity contribution in [3.8, 4) is 17.2 Å². The molecule has 0 unspecified atom stereocenters. The number of carbonyl (C=O) groups excluding carboxylic acids is 1. The monoisotopic (exact) mass is 385 g/mol. The maximum absolute atomic E-state index is 13.1. The molecule has 1 atom stereocenters. The summed E-state index contributed by atoms with van der Waals surface area (Å²) < 4.78 is 19.1. The number of methoxy groups -OCH3 is 3. The summed E-state index contributed by atoms with van der Waals surface area (Å²) in [6.07, 6.45) is 1.44. The molecule has 0 saturated heterocycles. The number of ether oxygens (including phenoxy) is 3. The van der Waals surface area contributed by atoms with Gasteiger partial charge in [0.2, 0.25) is 17.4 Å². The van der Waals surface area contributed by atoms with Crippen LogP contribution in [0, 0.1) is 0 Å². The minimum Gasteiger partial charge on any atom is -0.493 e.